The van der Waals surface area contributed by atoms with Crippen LogP contribution in [0.5, 0.6) is 0 Å². The van der Waals surface area contributed by atoms with Gasteiger partial charge >= 0.3 is 11.9 Å². The van der Waals surface area contributed by atoms with Crippen molar-refractivity contribution in [2.75, 3.05) is 13.2 Å². The molecule has 0 aromatic heterocycles. The topological polar surface area (TPSA) is 52.6 Å². The van der Waals surface area contributed by atoms with Crippen molar-refractivity contribution in [2.45, 2.75) is 91.4 Å². The Balaban J connectivity index is 2.10. The van der Waals surface area contributed by atoms with Crippen LogP contribution in [0.25, 0.3) is 0 Å². The zero-order chi connectivity index (χ0) is 21.4. The van der Waals surface area contributed by atoms with Crippen molar-refractivity contribution < 1.29 is 19.1 Å². The van der Waals surface area contributed by atoms with Gasteiger partial charge in [0.15, 0.2) is 5.41 Å². The van der Waals surface area contributed by atoms with E-state index in [1.807, 2.05) is 30.3 Å². The van der Waals surface area contributed by atoms with Crippen molar-refractivity contribution in [1.82, 2.24) is 0 Å². The Labute approximate surface area is 177 Å². The number of benzene rings is 1. The number of esters is 2. The average molecular weight is 405 g/mol. The third-order valence-corrected chi connectivity index (χ3v) is 5.22. The van der Waals surface area contributed by atoms with Crippen molar-refractivity contribution >= 4 is 11.9 Å². The predicted octanol–water partition coefficient (Wildman–Crippen LogP) is 6.26. The zero-order valence-electron chi connectivity index (χ0n) is 18.7. The van der Waals surface area contributed by atoms with Crippen LogP contribution < -0.4 is 0 Å². The third-order valence-electron chi connectivity index (χ3n) is 5.22. The van der Waals surface area contributed by atoms with Gasteiger partial charge in [-0.3, -0.25) is 9.59 Å². The van der Waals surface area contributed by atoms with Crippen molar-refractivity contribution in [3.8, 4) is 0 Å². The number of carbonyl (C=O) groups is 2. The second kappa shape index (κ2) is 15.1. The van der Waals surface area contributed by atoms with Gasteiger partial charge in [0.05, 0.1) is 13.2 Å². The molecule has 29 heavy (non-hydrogen) atoms. The summed E-state index contributed by atoms with van der Waals surface area (Å²) in [5, 5.41) is 0. The Kier molecular flexibility index (Phi) is 13.1. The Morgan fingerprint density at radius 1 is 0.724 bits per heavy atom. The van der Waals surface area contributed by atoms with Crippen LogP contribution in [0.4, 0.5) is 0 Å². The van der Waals surface area contributed by atoms with Crippen LogP contribution in [0, 0.1) is 5.41 Å². The molecule has 0 radical (unpaired) electrons. The first-order chi connectivity index (χ1) is 14.0. The summed E-state index contributed by atoms with van der Waals surface area (Å²) in [7, 11) is 0. The standard InChI is InChI=1S/C25H40O4/c1-4-5-6-7-8-9-10-11-12-16-20-28-23(26)25(2,3)24(27)29-21-19-22-17-14-13-15-18-22/h13-15,17-18H,4-12,16,19-21H2,1-3H3. The summed E-state index contributed by atoms with van der Waals surface area (Å²) in [6.07, 6.45) is 12.9. The predicted molar refractivity (Wildman–Crippen MR) is 118 cm³/mol. The lowest BCUT2D eigenvalue weighted by molar-refractivity contribution is -0.169. The van der Waals surface area contributed by atoms with Crippen LogP contribution in [-0.2, 0) is 25.5 Å². The Morgan fingerprint density at radius 2 is 1.21 bits per heavy atom. The fraction of sp³-hybridized carbons (Fsp3) is 0.680. The first kappa shape index (κ1) is 25.2. The number of hydrogen-bond acceptors (Lipinski definition) is 4. The molecular weight excluding hydrogens is 364 g/mol. The van der Waals surface area contributed by atoms with E-state index in [1.165, 1.54) is 51.4 Å². The van der Waals surface area contributed by atoms with Crippen molar-refractivity contribution in [2.24, 2.45) is 5.41 Å². The van der Waals surface area contributed by atoms with Gasteiger partial charge in [-0.15, -0.1) is 0 Å². The van der Waals surface area contributed by atoms with E-state index in [9.17, 15) is 9.59 Å². The van der Waals surface area contributed by atoms with Gasteiger partial charge in [-0.05, 0) is 25.8 Å². The van der Waals surface area contributed by atoms with Gasteiger partial charge in [-0.1, -0.05) is 95.0 Å². The van der Waals surface area contributed by atoms with E-state index in [4.69, 9.17) is 9.47 Å². The average Bonchev–Trinajstić information content (AvgIpc) is 2.72. The monoisotopic (exact) mass is 404 g/mol. The maximum absolute atomic E-state index is 12.3. The minimum Gasteiger partial charge on any atom is -0.465 e. The SMILES string of the molecule is CCCCCCCCCCCCOC(=O)C(C)(C)C(=O)OCCc1ccccc1. The largest absolute Gasteiger partial charge is 0.465 e. The molecule has 4 nitrogen and oxygen atoms in total. The van der Waals surface area contributed by atoms with E-state index in [-0.39, 0.29) is 6.61 Å². The molecule has 0 aliphatic rings. The first-order valence-corrected chi connectivity index (χ1v) is 11.4. The molecule has 0 saturated heterocycles. The van der Waals surface area contributed by atoms with E-state index < -0.39 is 17.4 Å². The highest BCUT2D eigenvalue weighted by Crippen LogP contribution is 2.20. The van der Waals surface area contributed by atoms with Crippen molar-refractivity contribution in [3.63, 3.8) is 0 Å². The molecule has 0 heterocycles. The van der Waals surface area contributed by atoms with E-state index in [0.717, 1.165) is 18.4 Å². The maximum atomic E-state index is 12.3. The van der Waals surface area contributed by atoms with Crippen molar-refractivity contribution in [3.05, 3.63) is 35.9 Å². The van der Waals surface area contributed by atoms with E-state index in [2.05, 4.69) is 6.92 Å². The molecule has 0 unspecified atom stereocenters. The van der Waals surface area contributed by atoms with Crippen LogP contribution in [0.1, 0.15) is 90.5 Å². The molecule has 1 aromatic rings. The van der Waals surface area contributed by atoms with Crippen LogP contribution in [-0.4, -0.2) is 25.2 Å². The summed E-state index contributed by atoms with van der Waals surface area (Å²) in [5.74, 6) is -1.03. The van der Waals surface area contributed by atoms with Crippen LogP contribution in [0.2, 0.25) is 0 Å². The van der Waals surface area contributed by atoms with E-state index >= 15 is 0 Å². The molecule has 0 fully saturated rings. The molecule has 4 heteroatoms. The summed E-state index contributed by atoms with van der Waals surface area (Å²) >= 11 is 0. The third kappa shape index (κ3) is 11.1. The van der Waals surface area contributed by atoms with E-state index in [0.29, 0.717) is 13.0 Å². The lowest BCUT2D eigenvalue weighted by atomic mass is 9.94. The van der Waals surface area contributed by atoms with Crippen molar-refractivity contribution in [1.29, 1.82) is 0 Å². The highest BCUT2D eigenvalue weighted by atomic mass is 16.6. The summed E-state index contributed by atoms with van der Waals surface area (Å²) in [4.78, 5) is 24.6. The van der Waals surface area contributed by atoms with Gasteiger partial charge in [-0.2, -0.15) is 0 Å². The number of carbonyl (C=O) groups excluding carboxylic acids is 2. The van der Waals surface area contributed by atoms with Gasteiger partial charge in [0.2, 0.25) is 0 Å². The molecule has 0 bridgehead atoms. The molecule has 0 aliphatic carbocycles. The molecule has 0 saturated carbocycles. The highest BCUT2D eigenvalue weighted by molar-refractivity contribution is 5.99. The Morgan fingerprint density at radius 3 is 1.76 bits per heavy atom. The smallest absolute Gasteiger partial charge is 0.322 e. The lowest BCUT2D eigenvalue weighted by Crippen LogP contribution is -2.37. The van der Waals surface area contributed by atoms with Crippen LogP contribution >= 0.6 is 0 Å². The number of unbranched alkanes of at least 4 members (excludes halogenated alkanes) is 9. The normalized spacial score (nSPS) is 11.3. The molecule has 164 valence electrons. The molecule has 0 amide bonds. The lowest BCUT2D eigenvalue weighted by Gasteiger charge is -2.20. The van der Waals surface area contributed by atoms with Gasteiger partial charge in [0.25, 0.3) is 0 Å². The van der Waals surface area contributed by atoms with Gasteiger partial charge in [0, 0.05) is 6.42 Å². The quantitative estimate of drug-likeness (QED) is 0.185. The number of ether oxygens (including phenoxy) is 2. The highest BCUT2D eigenvalue weighted by Gasteiger charge is 2.39. The number of hydrogen-bond donors (Lipinski definition) is 0. The van der Waals surface area contributed by atoms with Crippen LogP contribution in [0.15, 0.2) is 30.3 Å². The van der Waals surface area contributed by atoms with Gasteiger partial charge in [0.1, 0.15) is 0 Å². The molecule has 1 rings (SSSR count). The second-order valence-electron chi connectivity index (χ2n) is 8.31. The first-order valence-electron chi connectivity index (χ1n) is 11.4. The second-order valence-corrected chi connectivity index (χ2v) is 8.31. The summed E-state index contributed by atoms with van der Waals surface area (Å²) in [6, 6.07) is 9.82. The zero-order valence-corrected chi connectivity index (χ0v) is 18.7. The number of rotatable bonds is 16. The summed E-state index contributed by atoms with van der Waals surface area (Å²) < 4.78 is 10.6. The van der Waals surface area contributed by atoms with E-state index in [1.54, 1.807) is 13.8 Å². The summed E-state index contributed by atoms with van der Waals surface area (Å²) in [5.41, 5.74) is -0.170. The fourth-order valence-corrected chi connectivity index (χ4v) is 3.10. The van der Waals surface area contributed by atoms with Gasteiger partial charge in [-0.25, -0.2) is 0 Å². The maximum Gasteiger partial charge on any atom is 0.322 e. The molecular formula is C25H40O4. The molecule has 0 spiro atoms. The van der Waals surface area contributed by atoms with Gasteiger partial charge < -0.3 is 9.47 Å². The molecule has 0 atom stereocenters. The summed E-state index contributed by atoms with van der Waals surface area (Å²) in [6.45, 7) is 6.01. The minimum atomic E-state index is -1.27. The molecule has 1 aromatic carbocycles. The Bertz CT molecular complexity index is 565. The Hall–Kier alpha value is -1.84. The molecule has 0 N–H and O–H groups in total. The minimum absolute atomic E-state index is 0.262. The molecule has 0 aliphatic heterocycles. The van der Waals surface area contributed by atoms with Crippen LogP contribution in [0.3, 0.4) is 0 Å². The fourth-order valence-electron chi connectivity index (χ4n) is 3.10.